The van der Waals surface area contributed by atoms with E-state index in [0.29, 0.717) is 18.9 Å². The van der Waals surface area contributed by atoms with Crippen LogP contribution in [0.1, 0.15) is 23.6 Å². The first kappa shape index (κ1) is 24.1. The van der Waals surface area contributed by atoms with E-state index in [2.05, 4.69) is 17.3 Å². The van der Waals surface area contributed by atoms with Crippen LogP contribution in [0.4, 0.5) is 5.69 Å². The molecule has 4 rings (SSSR count). The molecule has 0 spiro atoms. The predicted octanol–water partition coefficient (Wildman–Crippen LogP) is 4.57. The third-order valence-electron chi connectivity index (χ3n) is 6.20. The zero-order valence-electron chi connectivity index (χ0n) is 20.0. The van der Waals surface area contributed by atoms with Gasteiger partial charge in [-0.1, -0.05) is 24.3 Å². The van der Waals surface area contributed by atoms with Gasteiger partial charge in [-0.15, -0.1) is 0 Å². The fraction of sp³-hybridized carbons (Fsp3) is 0.333. The number of hydrogen-bond acceptors (Lipinski definition) is 6. The fourth-order valence-electron chi connectivity index (χ4n) is 4.22. The highest BCUT2D eigenvalue weighted by atomic mass is 32.2. The first-order chi connectivity index (χ1) is 16.4. The normalized spacial score (nSPS) is 14.2. The monoisotopic (exact) mass is 480 g/mol. The lowest BCUT2D eigenvalue weighted by Crippen LogP contribution is -2.20. The Morgan fingerprint density at radius 3 is 2.29 bits per heavy atom. The zero-order chi connectivity index (χ0) is 24.1. The average molecular weight is 481 g/mol. The molecule has 0 aromatic heterocycles. The number of methoxy groups -OCH3 is 1. The molecule has 3 aromatic rings. The minimum Gasteiger partial charge on any atom is -0.495 e. The van der Waals surface area contributed by atoms with E-state index in [0.717, 1.165) is 48.5 Å². The zero-order valence-corrected chi connectivity index (χ0v) is 20.8. The Morgan fingerprint density at radius 1 is 0.941 bits per heavy atom. The van der Waals surface area contributed by atoms with Gasteiger partial charge in [-0.2, -0.15) is 0 Å². The molecule has 0 amide bonds. The molecule has 0 bridgehead atoms. The Hall–Kier alpha value is -3.03. The van der Waals surface area contributed by atoms with E-state index < -0.39 is 9.84 Å². The van der Waals surface area contributed by atoms with Crippen LogP contribution in [0.25, 0.3) is 0 Å². The maximum absolute atomic E-state index is 13.6. The molecular formula is C27H32N2O4S. The number of benzene rings is 3. The number of nitrogens with zero attached hydrogens (tertiary/aromatic N) is 1. The van der Waals surface area contributed by atoms with Crippen LogP contribution >= 0.6 is 0 Å². The lowest BCUT2D eigenvalue weighted by molar-refractivity contribution is 0.330. The van der Waals surface area contributed by atoms with Crippen molar-refractivity contribution >= 4 is 15.5 Å². The number of nitrogens with one attached hydrogen (secondary N) is 1. The van der Waals surface area contributed by atoms with Gasteiger partial charge in [0.2, 0.25) is 9.84 Å². The smallest absolute Gasteiger partial charge is 0.210 e. The Kier molecular flexibility index (Phi) is 7.44. The minimum atomic E-state index is -3.72. The lowest BCUT2D eigenvalue weighted by Gasteiger charge is -2.16. The number of hydrogen-bond donors (Lipinski definition) is 1. The predicted molar refractivity (Wildman–Crippen MR) is 135 cm³/mol. The first-order valence-electron chi connectivity index (χ1n) is 11.6. The molecule has 1 aliphatic rings. The second-order valence-electron chi connectivity index (χ2n) is 8.51. The van der Waals surface area contributed by atoms with E-state index in [-0.39, 0.29) is 9.79 Å². The van der Waals surface area contributed by atoms with Crippen molar-refractivity contribution in [2.75, 3.05) is 39.2 Å². The SMILES string of the molecule is CCOc1cc2c(cc1S(=O)(=O)c1ccc(CNc3ccccc3OC)cc1)CCN(C)CC2. The number of anilines is 1. The second kappa shape index (κ2) is 10.5. The van der Waals surface area contributed by atoms with Gasteiger partial charge >= 0.3 is 0 Å². The van der Waals surface area contributed by atoms with Gasteiger partial charge in [-0.3, -0.25) is 0 Å². The Labute approximate surface area is 202 Å². The molecular weight excluding hydrogens is 448 g/mol. The Bertz CT molecular complexity index is 1240. The van der Waals surface area contributed by atoms with Gasteiger partial charge < -0.3 is 19.7 Å². The summed E-state index contributed by atoms with van der Waals surface area (Å²) in [4.78, 5) is 2.78. The van der Waals surface area contributed by atoms with Gasteiger partial charge in [0.1, 0.15) is 16.4 Å². The molecule has 1 heterocycles. The third-order valence-corrected chi connectivity index (χ3v) is 8.00. The fourth-order valence-corrected chi connectivity index (χ4v) is 5.65. The molecule has 3 aromatic carbocycles. The van der Waals surface area contributed by atoms with Crippen LogP contribution < -0.4 is 14.8 Å². The lowest BCUT2D eigenvalue weighted by atomic mass is 10.0. The summed E-state index contributed by atoms with van der Waals surface area (Å²) < 4.78 is 38.4. The first-order valence-corrected chi connectivity index (χ1v) is 13.1. The largest absolute Gasteiger partial charge is 0.495 e. The second-order valence-corrected chi connectivity index (χ2v) is 10.4. The summed E-state index contributed by atoms with van der Waals surface area (Å²) in [6, 6.07) is 18.5. The molecule has 7 heteroatoms. The van der Waals surface area contributed by atoms with Crippen molar-refractivity contribution in [2.45, 2.75) is 36.1 Å². The summed E-state index contributed by atoms with van der Waals surface area (Å²) in [5.41, 5.74) is 4.12. The molecule has 0 saturated heterocycles. The van der Waals surface area contributed by atoms with Crippen molar-refractivity contribution < 1.29 is 17.9 Å². The van der Waals surface area contributed by atoms with E-state index in [1.807, 2.05) is 55.5 Å². The molecule has 0 atom stereocenters. The molecule has 0 fully saturated rings. The van der Waals surface area contributed by atoms with Gasteiger partial charge in [0.15, 0.2) is 0 Å². The molecule has 1 aliphatic heterocycles. The molecule has 0 saturated carbocycles. The van der Waals surface area contributed by atoms with Crippen molar-refractivity contribution in [1.82, 2.24) is 4.90 Å². The summed E-state index contributed by atoms with van der Waals surface area (Å²) >= 11 is 0. The van der Waals surface area contributed by atoms with E-state index in [4.69, 9.17) is 9.47 Å². The number of fused-ring (bicyclic) bond motifs is 1. The maximum Gasteiger partial charge on any atom is 0.210 e. The van der Waals surface area contributed by atoms with Crippen LogP contribution in [0.3, 0.4) is 0 Å². The van der Waals surface area contributed by atoms with E-state index in [9.17, 15) is 8.42 Å². The van der Waals surface area contributed by atoms with Gasteiger partial charge in [0.25, 0.3) is 0 Å². The molecule has 34 heavy (non-hydrogen) atoms. The van der Waals surface area contributed by atoms with E-state index in [1.54, 1.807) is 19.2 Å². The molecule has 6 nitrogen and oxygen atoms in total. The maximum atomic E-state index is 13.6. The summed E-state index contributed by atoms with van der Waals surface area (Å²) in [7, 11) is 0.00654. The van der Waals surface area contributed by atoms with Gasteiger partial charge in [0.05, 0.1) is 24.3 Å². The van der Waals surface area contributed by atoms with E-state index >= 15 is 0 Å². The standard InChI is InChI=1S/C27H32N2O4S/c1-4-33-26-17-21-13-15-29(2)16-14-22(21)18-27(26)34(30,31)23-11-9-20(10-12-23)19-28-24-7-5-6-8-25(24)32-3/h5-12,17-18,28H,4,13-16,19H2,1-3H3. The quantitative estimate of drug-likeness (QED) is 0.510. The van der Waals surface area contributed by atoms with Crippen LogP contribution in [-0.4, -0.2) is 47.2 Å². The molecule has 0 radical (unpaired) electrons. The minimum absolute atomic E-state index is 0.248. The van der Waals surface area contributed by atoms with Crippen molar-refractivity contribution in [3.8, 4) is 11.5 Å². The number of para-hydroxylation sites is 2. The van der Waals surface area contributed by atoms with Crippen LogP contribution in [0.2, 0.25) is 0 Å². The Morgan fingerprint density at radius 2 is 1.62 bits per heavy atom. The average Bonchev–Trinajstić information content (AvgIpc) is 3.04. The summed E-state index contributed by atoms with van der Waals surface area (Å²) in [6.45, 7) is 4.70. The van der Waals surface area contributed by atoms with Crippen LogP contribution in [-0.2, 0) is 29.2 Å². The highest BCUT2D eigenvalue weighted by molar-refractivity contribution is 7.91. The summed E-state index contributed by atoms with van der Waals surface area (Å²) in [5.74, 6) is 1.20. The number of likely N-dealkylation sites (N-methyl/N-ethyl adjacent to an activating group) is 1. The van der Waals surface area contributed by atoms with Crippen LogP contribution in [0.15, 0.2) is 70.5 Å². The van der Waals surface area contributed by atoms with Gasteiger partial charge in [0, 0.05) is 19.6 Å². The van der Waals surface area contributed by atoms with Crippen molar-refractivity contribution in [3.05, 3.63) is 77.4 Å². The molecule has 180 valence electrons. The van der Waals surface area contributed by atoms with E-state index in [1.165, 1.54) is 5.56 Å². The molecule has 1 N–H and O–H groups in total. The summed E-state index contributed by atoms with van der Waals surface area (Å²) in [5, 5.41) is 3.34. The highest BCUT2D eigenvalue weighted by Crippen LogP contribution is 2.34. The van der Waals surface area contributed by atoms with Gasteiger partial charge in [-0.25, -0.2) is 8.42 Å². The van der Waals surface area contributed by atoms with Crippen LogP contribution in [0, 0.1) is 0 Å². The molecule has 0 unspecified atom stereocenters. The van der Waals surface area contributed by atoms with Gasteiger partial charge in [-0.05, 0) is 79.9 Å². The van der Waals surface area contributed by atoms with Crippen molar-refractivity contribution in [3.63, 3.8) is 0 Å². The number of sulfone groups is 1. The summed E-state index contributed by atoms with van der Waals surface area (Å²) in [6.07, 6.45) is 1.72. The van der Waals surface area contributed by atoms with Crippen LogP contribution in [0.5, 0.6) is 11.5 Å². The topological polar surface area (TPSA) is 67.9 Å². The number of rotatable bonds is 8. The van der Waals surface area contributed by atoms with Crippen molar-refractivity contribution in [2.24, 2.45) is 0 Å². The highest BCUT2D eigenvalue weighted by Gasteiger charge is 2.25. The number of ether oxygens (including phenoxy) is 2. The Balaban J connectivity index is 1.59. The third kappa shape index (κ3) is 5.21. The van der Waals surface area contributed by atoms with Crippen molar-refractivity contribution in [1.29, 1.82) is 0 Å². The molecule has 0 aliphatic carbocycles.